The van der Waals surface area contributed by atoms with Gasteiger partial charge in [0.1, 0.15) is 11.6 Å². The van der Waals surface area contributed by atoms with Crippen molar-refractivity contribution in [2.24, 2.45) is 0 Å². The summed E-state index contributed by atoms with van der Waals surface area (Å²) < 4.78 is 12.8. The van der Waals surface area contributed by atoms with Crippen LogP contribution in [0.15, 0.2) is 18.2 Å². The van der Waals surface area contributed by atoms with Crippen LogP contribution >= 0.6 is 0 Å². The number of nitrogens with one attached hydrogen (secondary N) is 1. The van der Waals surface area contributed by atoms with Crippen molar-refractivity contribution in [3.63, 3.8) is 0 Å². The number of rotatable bonds is 6. The zero-order valence-corrected chi connectivity index (χ0v) is 10.7. The summed E-state index contributed by atoms with van der Waals surface area (Å²) in [4.78, 5) is 2.13. The molecule has 4 heteroatoms. The summed E-state index contributed by atoms with van der Waals surface area (Å²) in [6.45, 7) is 3.86. The Kier molecular flexibility index (Phi) is 5.38. The van der Waals surface area contributed by atoms with E-state index in [-0.39, 0.29) is 11.8 Å². The van der Waals surface area contributed by atoms with Crippen LogP contribution in [0.3, 0.4) is 0 Å². The van der Waals surface area contributed by atoms with E-state index in [1.165, 1.54) is 6.07 Å². The molecule has 0 aliphatic heterocycles. The van der Waals surface area contributed by atoms with Crippen LogP contribution in [0.1, 0.15) is 24.9 Å². The Morgan fingerprint density at radius 2 is 2.12 bits per heavy atom. The van der Waals surface area contributed by atoms with Crippen molar-refractivity contribution in [3.05, 3.63) is 29.6 Å². The van der Waals surface area contributed by atoms with Crippen LogP contribution in [0.25, 0.3) is 0 Å². The number of benzene rings is 1. The van der Waals surface area contributed by atoms with E-state index in [0.29, 0.717) is 0 Å². The smallest absolute Gasteiger partial charge is 0.126 e. The molecule has 0 amide bonds. The lowest BCUT2D eigenvalue weighted by Crippen LogP contribution is -2.23. The highest BCUT2D eigenvalue weighted by atomic mass is 19.1. The number of phenols is 1. The maximum atomic E-state index is 12.8. The van der Waals surface area contributed by atoms with Crippen molar-refractivity contribution in [1.29, 1.82) is 0 Å². The third-order valence-corrected chi connectivity index (χ3v) is 2.69. The van der Waals surface area contributed by atoms with E-state index in [9.17, 15) is 9.50 Å². The van der Waals surface area contributed by atoms with Gasteiger partial charge in [0.25, 0.3) is 0 Å². The molecule has 96 valence electrons. The van der Waals surface area contributed by atoms with Gasteiger partial charge in [0.15, 0.2) is 0 Å². The van der Waals surface area contributed by atoms with E-state index in [2.05, 4.69) is 10.2 Å². The number of halogens is 1. The minimum absolute atomic E-state index is 0.0117. The molecule has 1 aromatic rings. The van der Waals surface area contributed by atoms with Crippen LogP contribution in [0.5, 0.6) is 5.75 Å². The largest absolute Gasteiger partial charge is 0.508 e. The normalized spacial score (nSPS) is 13.0. The maximum absolute atomic E-state index is 12.8. The van der Waals surface area contributed by atoms with Gasteiger partial charge in [0.2, 0.25) is 0 Å². The van der Waals surface area contributed by atoms with Gasteiger partial charge < -0.3 is 15.3 Å². The van der Waals surface area contributed by atoms with Crippen molar-refractivity contribution in [3.8, 4) is 5.75 Å². The second-order valence-corrected chi connectivity index (χ2v) is 4.54. The number of nitrogens with zero attached hydrogens (tertiary/aromatic N) is 1. The highest BCUT2D eigenvalue weighted by molar-refractivity contribution is 5.34. The van der Waals surface area contributed by atoms with Crippen LogP contribution in [-0.4, -0.2) is 37.2 Å². The molecule has 17 heavy (non-hydrogen) atoms. The predicted octanol–water partition coefficient (Wildman–Crippen LogP) is 2.13. The van der Waals surface area contributed by atoms with Gasteiger partial charge in [0.05, 0.1) is 0 Å². The van der Waals surface area contributed by atoms with Crippen LogP contribution < -0.4 is 5.32 Å². The Balaban J connectivity index is 2.44. The van der Waals surface area contributed by atoms with Gasteiger partial charge in [-0.1, -0.05) is 6.07 Å². The molecular weight excluding hydrogens is 219 g/mol. The summed E-state index contributed by atoms with van der Waals surface area (Å²) in [5.74, 6) is -0.399. The number of hydrogen-bond acceptors (Lipinski definition) is 3. The summed E-state index contributed by atoms with van der Waals surface area (Å²) in [7, 11) is 4.07. The molecule has 0 fully saturated rings. The quantitative estimate of drug-likeness (QED) is 0.748. The Hall–Kier alpha value is -1.13. The van der Waals surface area contributed by atoms with Gasteiger partial charge in [-0.15, -0.1) is 0 Å². The summed E-state index contributed by atoms with van der Waals surface area (Å²) in [5, 5.41) is 12.9. The lowest BCUT2D eigenvalue weighted by atomic mass is 10.1. The lowest BCUT2D eigenvalue weighted by molar-refractivity contribution is 0.386. The first-order valence-electron chi connectivity index (χ1n) is 5.87. The predicted molar refractivity (Wildman–Crippen MR) is 67.7 cm³/mol. The van der Waals surface area contributed by atoms with Crippen molar-refractivity contribution in [2.45, 2.75) is 19.4 Å². The molecule has 0 aliphatic carbocycles. The first-order chi connectivity index (χ1) is 8.00. The fourth-order valence-electron chi connectivity index (χ4n) is 1.71. The number of aromatic hydroxyl groups is 1. The summed E-state index contributed by atoms with van der Waals surface area (Å²) >= 11 is 0. The molecule has 0 aliphatic rings. The van der Waals surface area contributed by atoms with Crippen molar-refractivity contribution < 1.29 is 9.50 Å². The van der Waals surface area contributed by atoms with Gasteiger partial charge in [-0.2, -0.15) is 0 Å². The number of phenolic OH excluding ortho intramolecular Hbond substituents is 1. The second-order valence-electron chi connectivity index (χ2n) is 4.54. The standard InChI is InChI=1S/C13H21FN2O/c1-10(15-7-4-8-16(2)3)12-6-5-11(14)9-13(12)17/h5-6,9-10,15,17H,4,7-8H2,1-3H3. The van der Waals surface area contributed by atoms with Crippen LogP contribution in [0.4, 0.5) is 4.39 Å². The lowest BCUT2D eigenvalue weighted by Gasteiger charge is -2.16. The molecule has 1 atom stereocenters. The monoisotopic (exact) mass is 240 g/mol. The molecule has 1 unspecified atom stereocenters. The molecule has 0 radical (unpaired) electrons. The van der Waals surface area contributed by atoms with E-state index in [1.54, 1.807) is 6.07 Å². The molecule has 1 aromatic carbocycles. The molecule has 0 saturated heterocycles. The Morgan fingerprint density at radius 3 is 2.71 bits per heavy atom. The average Bonchev–Trinajstić information content (AvgIpc) is 2.23. The zero-order chi connectivity index (χ0) is 12.8. The van der Waals surface area contributed by atoms with E-state index in [4.69, 9.17) is 0 Å². The van der Waals surface area contributed by atoms with E-state index < -0.39 is 5.82 Å². The first kappa shape index (κ1) is 13.9. The van der Waals surface area contributed by atoms with Gasteiger partial charge in [-0.25, -0.2) is 4.39 Å². The molecule has 3 nitrogen and oxygen atoms in total. The van der Waals surface area contributed by atoms with E-state index >= 15 is 0 Å². The van der Waals surface area contributed by atoms with Gasteiger partial charge >= 0.3 is 0 Å². The molecule has 0 heterocycles. The van der Waals surface area contributed by atoms with Crippen LogP contribution in [0, 0.1) is 5.82 Å². The van der Waals surface area contributed by atoms with Crippen LogP contribution in [0.2, 0.25) is 0 Å². The molecular formula is C13H21FN2O. The van der Waals surface area contributed by atoms with Crippen LogP contribution in [-0.2, 0) is 0 Å². The fraction of sp³-hybridized carbons (Fsp3) is 0.538. The van der Waals surface area contributed by atoms with Crippen molar-refractivity contribution in [2.75, 3.05) is 27.2 Å². The summed E-state index contributed by atoms with van der Waals surface area (Å²) in [6, 6.07) is 4.16. The highest BCUT2D eigenvalue weighted by Gasteiger charge is 2.10. The SMILES string of the molecule is CC(NCCCN(C)C)c1ccc(F)cc1O. The Bertz CT molecular complexity index is 355. The molecule has 0 spiro atoms. The Labute approximate surface area is 102 Å². The summed E-state index contributed by atoms with van der Waals surface area (Å²) in [6.07, 6.45) is 1.04. The molecule has 0 saturated carbocycles. The average molecular weight is 240 g/mol. The van der Waals surface area contributed by atoms with Crippen molar-refractivity contribution >= 4 is 0 Å². The molecule has 0 bridgehead atoms. The second kappa shape index (κ2) is 6.57. The van der Waals surface area contributed by atoms with E-state index in [0.717, 1.165) is 31.1 Å². The molecule has 1 rings (SSSR count). The summed E-state index contributed by atoms with van der Waals surface area (Å²) in [5.41, 5.74) is 0.733. The molecule has 2 N–H and O–H groups in total. The van der Waals surface area contributed by atoms with Crippen molar-refractivity contribution in [1.82, 2.24) is 10.2 Å². The minimum Gasteiger partial charge on any atom is -0.508 e. The fourth-order valence-corrected chi connectivity index (χ4v) is 1.71. The third-order valence-electron chi connectivity index (χ3n) is 2.69. The van der Waals surface area contributed by atoms with Gasteiger partial charge in [-0.05, 0) is 46.6 Å². The third kappa shape index (κ3) is 4.71. The van der Waals surface area contributed by atoms with Gasteiger partial charge in [-0.3, -0.25) is 0 Å². The van der Waals surface area contributed by atoms with E-state index in [1.807, 2.05) is 21.0 Å². The molecule has 0 aromatic heterocycles. The van der Waals surface area contributed by atoms with Gasteiger partial charge in [0, 0.05) is 17.7 Å². The zero-order valence-electron chi connectivity index (χ0n) is 10.7. The number of hydrogen-bond donors (Lipinski definition) is 2. The first-order valence-corrected chi connectivity index (χ1v) is 5.87. The highest BCUT2D eigenvalue weighted by Crippen LogP contribution is 2.24. The topological polar surface area (TPSA) is 35.5 Å². The maximum Gasteiger partial charge on any atom is 0.126 e. The Morgan fingerprint density at radius 1 is 1.41 bits per heavy atom. The minimum atomic E-state index is -0.411.